The zero-order valence-corrected chi connectivity index (χ0v) is 7.32. The normalized spacial score (nSPS) is 12.4. The fraction of sp³-hybridized carbons (Fsp3) is 1.00. The highest BCUT2D eigenvalue weighted by Gasteiger charge is 2.11. The molecule has 0 atom stereocenters. The molecule has 0 aromatic carbocycles. The molecule has 0 aliphatic rings. The summed E-state index contributed by atoms with van der Waals surface area (Å²) in [6, 6.07) is 0. The van der Waals surface area contributed by atoms with Gasteiger partial charge in [-0.15, -0.1) is 0 Å². The quantitative estimate of drug-likeness (QED) is 0.367. The average Bonchev–Trinajstić information content (AvgIpc) is 1.68. The fourth-order valence-corrected chi connectivity index (χ4v) is 0.250. The van der Waals surface area contributed by atoms with Gasteiger partial charge in [0.2, 0.25) is 0 Å². The lowest BCUT2D eigenvalue weighted by molar-refractivity contribution is -0.131. The first-order chi connectivity index (χ1) is 3.12. The molecule has 0 N–H and O–H groups in total. The van der Waals surface area contributed by atoms with E-state index in [-0.39, 0.29) is 5.79 Å². The zero-order valence-electron chi connectivity index (χ0n) is 5.32. The van der Waals surface area contributed by atoms with Gasteiger partial charge in [-0.1, -0.05) is 0 Å². The van der Waals surface area contributed by atoms with E-state index in [1.807, 2.05) is 13.8 Å². The van der Waals surface area contributed by atoms with E-state index in [0.29, 0.717) is 0 Å². The molecule has 0 aliphatic heterocycles. The Bertz CT molecular complexity index is 47.7. The molecule has 7 heavy (non-hydrogen) atoms. The van der Waals surface area contributed by atoms with Crippen molar-refractivity contribution in [3.8, 4) is 0 Å². The predicted molar refractivity (Wildman–Crippen MR) is 32.1 cm³/mol. The second-order valence-electron chi connectivity index (χ2n) is 1.81. The van der Waals surface area contributed by atoms with E-state index in [0.717, 1.165) is 10.5 Å². The van der Waals surface area contributed by atoms with Gasteiger partial charge < -0.3 is 9.16 Å². The SMILES string of the molecule is COC(C)(C)O[SiH3]. The zero-order chi connectivity index (χ0) is 5.91. The van der Waals surface area contributed by atoms with E-state index in [4.69, 9.17) is 9.16 Å². The van der Waals surface area contributed by atoms with E-state index in [1.54, 1.807) is 7.11 Å². The van der Waals surface area contributed by atoms with Crippen molar-refractivity contribution in [2.75, 3.05) is 7.11 Å². The summed E-state index contributed by atoms with van der Waals surface area (Å²) in [7, 11) is 2.37. The summed E-state index contributed by atoms with van der Waals surface area (Å²) in [5, 5.41) is 0. The van der Waals surface area contributed by atoms with Crippen molar-refractivity contribution in [1.29, 1.82) is 0 Å². The molecule has 3 heteroatoms. The molecule has 2 nitrogen and oxygen atoms in total. The van der Waals surface area contributed by atoms with E-state index < -0.39 is 0 Å². The van der Waals surface area contributed by atoms with Gasteiger partial charge in [0.25, 0.3) is 0 Å². The first-order valence-corrected chi connectivity index (χ1v) is 3.04. The van der Waals surface area contributed by atoms with Gasteiger partial charge >= 0.3 is 0 Å². The van der Waals surface area contributed by atoms with Gasteiger partial charge in [0.15, 0.2) is 5.79 Å². The minimum Gasteiger partial charge on any atom is -0.402 e. The van der Waals surface area contributed by atoms with Gasteiger partial charge in [-0.25, -0.2) is 0 Å². The van der Waals surface area contributed by atoms with E-state index in [9.17, 15) is 0 Å². The second-order valence-corrected chi connectivity index (χ2v) is 2.22. The molecular formula is C4H12O2Si. The molecule has 0 aromatic heterocycles. The van der Waals surface area contributed by atoms with Crippen molar-refractivity contribution in [3.05, 3.63) is 0 Å². The van der Waals surface area contributed by atoms with E-state index in [2.05, 4.69) is 0 Å². The van der Waals surface area contributed by atoms with Crippen LogP contribution in [0.5, 0.6) is 0 Å². The third-order valence-electron chi connectivity index (χ3n) is 0.983. The Kier molecular flexibility index (Phi) is 2.49. The Balaban J connectivity index is 3.36. The Morgan fingerprint density at radius 2 is 1.86 bits per heavy atom. The van der Waals surface area contributed by atoms with Crippen molar-refractivity contribution in [3.63, 3.8) is 0 Å². The van der Waals surface area contributed by atoms with Gasteiger partial charge in [-0.3, -0.25) is 0 Å². The van der Waals surface area contributed by atoms with Gasteiger partial charge in [-0.2, -0.15) is 0 Å². The molecule has 44 valence electrons. The van der Waals surface area contributed by atoms with Crippen LogP contribution >= 0.6 is 0 Å². The number of methoxy groups -OCH3 is 1. The predicted octanol–water partition coefficient (Wildman–Crippen LogP) is -0.334. The number of hydrogen-bond donors (Lipinski definition) is 0. The van der Waals surface area contributed by atoms with Crippen LogP contribution in [0.15, 0.2) is 0 Å². The molecule has 0 saturated carbocycles. The highest BCUT2D eigenvalue weighted by Crippen LogP contribution is 2.04. The standard InChI is InChI=1S/C4H12O2Si/c1-4(2,5-3)6-7/h1-3,7H3. The van der Waals surface area contributed by atoms with Crippen LogP contribution in [0.4, 0.5) is 0 Å². The summed E-state index contributed by atoms with van der Waals surface area (Å²) in [6.07, 6.45) is 0. The maximum Gasteiger partial charge on any atom is 0.151 e. The Morgan fingerprint density at radius 1 is 1.43 bits per heavy atom. The van der Waals surface area contributed by atoms with Gasteiger partial charge in [0.1, 0.15) is 10.5 Å². The summed E-state index contributed by atoms with van der Waals surface area (Å²) in [5.74, 6) is -0.355. The van der Waals surface area contributed by atoms with Crippen molar-refractivity contribution in [2.24, 2.45) is 0 Å². The molecule has 0 spiro atoms. The Hall–Kier alpha value is 0.137. The van der Waals surface area contributed by atoms with Crippen LogP contribution in [0.2, 0.25) is 0 Å². The van der Waals surface area contributed by atoms with Crippen LogP contribution in [0, 0.1) is 0 Å². The highest BCUT2D eigenvalue weighted by molar-refractivity contribution is 5.98. The molecule has 0 aromatic rings. The van der Waals surface area contributed by atoms with Crippen LogP contribution < -0.4 is 0 Å². The van der Waals surface area contributed by atoms with Crippen molar-refractivity contribution in [2.45, 2.75) is 19.6 Å². The lowest BCUT2D eigenvalue weighted by Crippen LogP contribution is -2.24. The van der Waals surface area contributed by atoms with E-state index in [1.165, 1.54) is 0 Å². The monoisotopic (exact) mass is 120 g/mol. The highest BCUT2D eigenvalue weighted by atomic mass is 28.2. The van der Waals surface area contributed by atoms with Crippen molar-refractivity contribution >= 4 is 10.5 Å². The number of hydrogen-bond acceptors (Lipinski definition) is 2. The maximum atomic E-state index is 5.00. The number of rotatable bonds is 2. The third kappa shape index (κ3) is 2.79. The Morgan fingerprint density at radius 3 is 1.86 bits per heavy atom. The molecule has 0 rings (SSSR count). The molecule has 0 bridgehead atoms. The van der Waals surface area contributed by atoms with Crippen LogP contribution in [-0.4, -0.2) is 23.4 Å². The molecule has 0 heterocycles. The molecule has 0 unspecified atom stereocenters. The van der Waals surface area contributed by atoms with Crippen molar-refractivity contribution < 1.29 is 9.16 Å². The smallest absolute Gasteiger partial charge is 0.151 e. The van der Waals surface area contributed by atoms with E-state index >= 15 is 0 Å². The molecule has 0 fully saturated rings. The largest absolute Gasteiger partial charge is 0.402 e. The lowest BCUT2D eigenvalue weighted by Gasteiger charge is -2.20. The Labute approximate surface area is 47.4 Å². The minimum atomic E-state index is -0.355. The van der Waals surface area contributed by atoms with Gasteiger partial charge in [0, 0.05) is 7.11 Å². The average molecular weight is 120 g/mol. The first-order valence-electron chi connectivity index (χ1n) is 2.22. The minimum absolute atomic E-state index is 0.355. The third-order valence-corrected chi connectivity index (χ3v) is 1.97. The summed E-state index contributed by atoms with van der Waals surface area (Å²) < 4.78 is 9.90. The van der Waals surface area contributed by atoms with Gasteiger partial charge in [0.05, 0.1) is 0 Å². The molecule has 0 amide bonds. The molecule has 0 saturated heterocycles. The van der Waals surface area contributed by atoms with Crippen LogP contribution in [0.25, 0.3) is 0 Å². The van der Waals surface area contributed by atoms with Gasteiger partial charge in [-0.05, 0) is 13.8 Å². The fourth-order valence-electron chi connectivity index (χ4n) is 0.0833. The first kappa shape index (κ1) is 7.14. The maximum absolute atomic E-state index is 5.00. The second kappa shape index (κ2) is 2.45. The lowest BCUT2D eigenvalue weighted by atomic mass is 10.4. The molecule has 0 radical (unpaired) electrons. The van der Waals surface area contributed by atoms with Crippen LogP contribution in [-0.2, 0) is 9.16 Å². The molecular weight excluding hydrogens is 108 g/mol. The summed E-state index contributed by atoms with van der Waals surface area (Å²) in [5.41, 5.74) is 0. The number of ether oxygens (including phenoxy) is 1. The topological polar surface area (TPSA) is 18.5 Å². The van der Waals surface area contributed by atoms with Crippen molar-refractivity contribution in [1.82, 2.24) is 0 Å². The molecule has 0 aliphatic carbocycles. The summed E-state index contributed by atoms with van der Waals surface area (Å²) in [6.45, 7) is 3.78. The summed E-state index contributed by atoms with van der Waals surface area (Å²) >= 11 is 0. The van der Waals surface area contributed by atoms with Crippen LogP contribution in [0.1, 0.15) is 13.8 Å². The van der Waals surface area contributed by atoms with Crippen LogP contribution in [0.3, 0.4) is 0 Å². The summed E-state index contributed by atoms with van der Waals surface area (Å²) in [4.78, 5) is 0.